The Balaban J connectivity index is 1.46. The summed E-state index contributed by atoms with van der Waals surface area (Å²) < 4.78 is 11.2. The summed E-state index contributed by atoms with van der Waals surface area (Å²) in [5, 5.41) is 2.99. The van der Waals surface area contributed by atoms with Gasteiger partial charge in [-0.15, -0.1) is 0 Å². The van der Waals surface area contributed by atoms with Gasteiger partial charge >= 0.3 is 6.03 Å². The van der Waals surface area contributed by atoms with E-state index >= 15 is 0 Å². The van der Waals surface area contributed by atoms with Crippen LogP contribution in [0, 0.1) is 6.92 Å². The molecule has 0 bridgehead atoms. The Morgan fingerprint density at radius 2 is 1.88 bits per heavy atom. The highest BCUT2D eigenvalue weighted by atomic mass is 16.5. The van der Waals surface area contributed by atoms with Gasteiger partial charge in [0.05, 0.1) is 19.8 Å². The Morgan fingerprint density at radius 1 is 1.15 bits per heavy atom. The van der Waals surface area contributed by atoms with Crippen LogP contribution in [0.5, 0.6) is 5.75 Å². The number of rotatable bonds is 5. The zero-order chi connectivity index (χ0) is 18.4. The van der Waals surface area contributed by atoms with Gasteiger partial charge < -0.3 is 19.7 Å². The van der Waals surface area contributed by atoms with E-state index in [4.69, 9.17) is 9.47 Å². The predicted octanol–water partition coefficient (Wildman–Crippen LogP) is 4.22. The molecule has 1 aliphatic heterocycles. The molecule has 0 atom stereocenters. The minimum Gasteiger partial charge on any atom is -0.497 e. The Kier molecular flexibility index (Phi) is 6.12. The lowest BCUT2D eigenvalue weighted by atomic mass is 10.1. The largest absolute Gasteiger partial charge is 0.497 e. The molecule has 0 radical (unpaired) electrons. The number of aryl methyl sites for hydroxylation is 1. The van der Waals surface area contributed by atoms with Gasteiger partial charge in [0.15, 0.2) is 0 Å². The summed E-state index contributed by atoms with van der Waals surface area (Å²) in [5.41, 5.74) is 2.99. The molecule has 1 saturated heterocycles. The van der Waals surface area contributed by atoms with Crippen LogP contribution < -0.4 is 10.1 Å². The number of piperidine rings is 1. The van der Waals surface area contributed by atoms with E-state index in [-0.39, 0.29) is 12.1 Å². The molecule has 1 aliphatic rings. The van der Waals surface area contributed by atoms with Crippen LogP contribution in [0.2, 0.25) is 0 Å². The molecule has 1 N–H and O–H groups in total. The van der Waals surface area contributed by atoms with Crippen LogP contribution in [-0.2, 0) is 11.3 Å². The van der Waals surface area contributed by atoms with Crippen molar-refractivity contribution in [1.82, 2.24) is 4.90 Å². The zero-order valence-corrected chi connectivity index (χ0v) is 15.4. The molecule has 0 saturated carbocycles. The monoisotopic (exact) mass is 354 g/mol. The third-order valence-electron chi connectivity index (χ3n) is 4.73. The average Bonchev–Trinajstić information content (AvgIpc) is 2.69. The smallest absolute Gasteiger partial charge is 0.321 e. The van der Waals surface area contributed by atoms with Gasteiger partial charge in [0.2, 0.25) is 0 Å². The lowest BCUT2D eigenvalue weighted by Crippen LogP contribution is -2.43. The summed E-state index contributed by atoms with van der Waals surface area (Å²) in [7, 11) is 1.64. The zero-order valence-electron chi connectivity index (χ0n) is 15.4. The lowest BCUT2D eigenvalue weighted by Gasteiger charge is -2.32. The summed E-state index contributed by atoms with van der Waals surface area (Å²) in [6.45, 7) is 4.01. The highest BCUT2D eigenvalue weighted by Gasteiger charge is 2.23. The SMILES string of the molecule is COc1ccc(NC(=O)N2CCC(OCc3ccccc3)CC2)c(C)c1. The van der Waals surface area contributed by atoms with Crippen molar-refractivity contribution < 1.29 is 14.3 Å². The first-order chi connectivity index (χ1) is 12.7. The highest BCUT2D eigenvalue weighted by molar-refractivity contribution is 5.90. The number of carbonyl (C=O) groups excluding carboxylic acids is 1. The number of methoxy groups -OCH3 is 1. The Labute approximate surface area is 154 Å². The first-order valence-electron chi connectivity index (χ1n) is 9.02. The summed E-state index contributed by atoms with van der Waals surface area (Å²) in [4.78, 5) is 14.4. The number of hydrogen-bond donors (Lipinski definition) is 1. The predicted molar refractivity (Wildman–Crippen MR) is 103 cm³/mol. The standard InChI is InChI=1S/C21H26N2O3/c1-16-14-19(25-2)8-9-20(16)22-21(24)23-12-10-18(11-13-23)26-15-17-6-4-3-5-7-17/h3-9,14,18H,10-13,15H2,1-2H3,(H,22,24). The number of ether oxygens (including phenoxy) is 2. The number of amides is 2. The third-order valence-corrected chi connectivity index (χ3v) is 4.73. The number of anilines is 1. The molecule has 2 aromatic carbocycles. The fourth-order valence-corrected chi connectivity index (χ4v) is 3.11. The number of benzene rings is 2. The van der Waals surface area contributed by atoms with Crippen molar-refractivity contribution in [3.8, 4) is 5.75 Å². The van der Waals surface area contributed by atoms with Crippen molar-refractivity contribution in [2.45, 2.75) is 32.5 Å². The van der Waals surface area contributed by atoms with Crippen molar-refractivity contribution in [2.24, 2.45) is 0 Å². The van der Waals surface area contributed by atoms with Crippen LogP contribution in [0.4, 0.5) is 10.5 Å². The van der Waals surface area contributed by atoms with Gasteiger partial charge in [-0.2, -0.15) is 0 Å². The number of carbonyl (C=O) groups is 1. The van der Waals surface area contributed by atoms with Crippen molar-refractivity contribution in [1.29, 1.82) is 0 Å². The van der Waals surface area contributed by atoms with E-state index in [1.54, 1.807) is 7.11 Å². The second-order valence-electron chi connectivity index (χ2n) is 6.59. The van der Waals surface area contributed by atoms with Crippen LogP contribution in [0.3, 0.4) is 0 Å². The Hall–Kier alpha value is -2.53. The molecule has 138 valence electrons. The summed E-state index contributed by atoms with van der Waals surface area (Å²) >= 11 is 0. The average molecular weight is 354 g/mol. The minimum atomic E-state index is -0.0558. The van der Waals surface area contributed by atoms with Gasteiger partial charge in [-0.1, -0.05) is 30.3 Å². The van der Waals surface area contributed by atoms with E-state index in [2.05, 4.69) is 17.4 Å². The van der Waals surface area contributed by atoms with Gasteiger partial charge in [-0.05, 0) is 49.1 Å². The van der Waals surface area contributed by atoms with Gasteiger partial charge in [-0.25, -0.2) is 4.79 Å². The van der Waals surface area contributed by atoms with Crippen molar-refractivity contribution in [3.63, 3.8) is 0 Å². The van der Waals surface area contributed by atoms with Gasteiger partial charge in [0, 0.05) is 18.8 Å². The van der Waals surface area contributed by atoms with Crippen LogP contribution in [0.15, 0.2) is 48.5 Å². The number of nitrogens with zero attached hydrogens (tertiary/aromatic N) is 1. The summed E-state index contributed by atoms with van der Waals surface area (Å²) in [6, 6.07) is 15.8. The van der Waals surface area contributed by atoms with E-state index in [0.717, 1.165) is 29.8 Å². The van der Waals surface area contributed by atoms with Crippen molar-refractivity contribution in [2.75, 3.05) is 25.5 Å². The van der Waals surface area contributed by atoms with Crippen LogP contribution >= 0.6 is 0 Å². The maximum atomic E-state index is 12.5. The maximum Gasteiger partial charge on any atom is 0.321 e. The van der Waals surface area contributed by atoms with Crippen LogP contribution in [0.25, 0.3) is 0 Å². The molecule has 2 amide bonds. The van der Waals surface area contributed by atoms with Gasteiger partial charge in [0.1, 0.15) is 5.75 Å². The molecular formula is C21H26N2O3. The van der Waals surface area contributed by atoms with Crippen LogP contribution in [-0.4, -0.2) is 37.2 Å². The first-order valence-corrected chi connectivity index (χ1v) is 9.02. The van der Waals surface area contributed by atoms with Gasteiger partial charge in [0.25, 0.3) is 0 Å². The second kappa shape index (κ2) is 8.72. The van der Waals surface area contributed by atoms with Crippen LogP contribution in [0.1, 0.15) is 24.0 Å². The summed E-state index contributed by atoms with van der Waals surface area (Å²) in [6.07, 6.45) is 1.94. The lowest BCUT2D eigenvalue weighted by molar-refractivity contribution is 0.00540. The third kappa shape index (κ3) is 4.76. The van der Waals surface area contributed by atoms with E-state index in [9.17, 15) is 4.79 Å². The molecule has 2 aromatic rings. The number of urea groups is 1. The molecule has 1 heterocycles. The van der Waals surface area contributed by atoms with E-state index in [1.165, 1.54) is 5.56 Å². The van der Waals surface area contributed by atoms with Gasteiger partial charge in [-0.3, -0.25) is 0 Å². The Bertz CT molecular complexity index is 725. The molecule has 1 fully saturated rings. The molecule has 3 rings (SSSR count). The van der Waals surface area contributed by atoms with E-state index in [1.807, 2.05) is 48.2 Å². The molecule has 26 heavy (non-hydrogen) atoms. The first kappa shape index (κ1) is 18.3. The second-order valence-corrected chi connectivity index (χ2v) is 6.59. The molecule has 0 spiro atoms. The Morgan fingerprint density at radius 3 is 2.54 bits per heavy atom. The van der Waals surface area contributed by atoms with E-state index < -0.39 is 0 Å². The maximum absolute atomic E-state index is 12.5. The fourth-order valence-electron chi connectivity index (χ4n) is 3.11. The topological polar surface area (TPSA) is 50.8 Å². The molecule has 0 aromatic heterocycles. The summed E-state index contributed by atoms with van der Waals surface area (Å²) in [5.74, 6) is 0.789. The van der Waals surface area contributed by atoms with Crippen molar-refractivity contribution >= 4 is 11.7 Å². The van der Waals surface area contributed by atoms with E-state index in [0.29, 0.717) is 19.7 Å². The number of likely N-dealkylation sites (tertiary alicyclic amines) is 1. The number of hydrogen-bond acceptors (Lipinski definition) is 3. The molecule has 0 unspecified atom stereocenters. The minimum absolute atomic E-state index is 0.0558. The normalized spacial score (nSPS) is 14.9. The highest BCUT2D eigenvalue weighted by Crippen LogP contribution is 2.22. The molecular weight excluding hydrogens is 328 g/mol. The van der Waals surface area contributed by atoms with Crippen molar-refractivity contribution in [3.05, 3.63) is 59.7 Å². The fraction of sp³-hybridized carbons (Fsp3) is 0.381. The quantitative estimate of drug-likeness (QED) is 0.875. The molecule has 0 aliphatic carbocycles. The number of nitrogens with one attached hydrogen (secondary N) is 1. The molecule has 5 heteroatoms. The molecule has 5 nitrogen and oxygen atoms in total.